The summed E-state index contributed by atoms with van der Waals surface area (Å²) in [5, 5.41) is 18.5. The molecule has 0 N–H and O–H groups in total. The van der Waals surface area contributed by atoms with Crippen LogP contribution >= 0.6 is 0 Å². The smallest absolute Gasteiger partial charge is 0.227 e. The Hall–Kier alpha value is -2.86. The molecule has 0 aliphatic carbocycles. The Labute approximate surface area is 308 Å². The van der Waals surface area contributed by atoms with Gasteiger partial charge in [-0.2, -0.15) is 10.5 Å². The Kier molecular flexibility index (Phi) is 30.1. The summed E-state index contributed by atoms with van der Waals surface area (Å²) in [7, 11) is 0. The molecule has 0 aliphatic rings. The molecule has 0 spiro atoms. The van der Waals surface area contributed by atoms with Crippen molar-refractivity contribution in [1.29, 1.82) is 10.5 Å². The maximum atomic E-state index is 13.2. The van der Waals surface area contributed by atoms with Crippen LogP contribution < -0.4 is 9.80 Å². The molecule has 0 atom stereocenters. The third-order valence-corrected chi connectivity index (χ3v) is 9.96. The van der Waals surface area contributed by atoms with E-state index in [9.17, 15) is 20.1 Å². The fourth-order valence-electron chi connectivity index (χ4n) is 6.79. The lowest BCUT2D eigenvalue weighted by Crippen LogP contribution is -2.33. The Morgan fingerprint density at radius 2 is 0.680 bits per heavy atom. The first kappa shape index (κ1) is 45.2. The van der Waals surface area contributed by atoms with Crippen molar-refractivity contribution in [3.05, 3.63) is 24.3 Å². The van der Waals surface area contributed by atoms with E-state index in [1.54, 1.807) is 9.80 Å². The van der Waals surface area contributed by atoms with E-state index in [0.29, 0.717) is 25.9 Å². The third-order valence-electron chi connectivity index (χ3n) is 9.96. The third kappa shape index (κ3) is 23.5. The molecule has 0 unspecified atom stereocenters. The number of nitriles is 2. The molecule has 282 valence electrons. The summed E-state index contributed by atoms with van der Waals surface area (Å²) in [5.74, 6) is 0.104. The van der Waals surface area contributed by atoms with Crippen molar-refractivity contribution in [2.45, 2.75) is 206 Å². The quantitative estimate of drug-likeness (QED) is 0.0673. The van der Waals surface area contributed by atoms with Crippen molar-refractivity contribution in [1.82, 2.24) is 0 Å². The molecule has 2 amide bonds. The van der Waals surface area contributed by atoms with Crippen molar-refractivity contribution in [2.75, 3.05) is 22.9 Å². The fourth-order valence-corrected chi connectivity index (χ4v) is 6.79. The van der Waals surface area contributed by atoms with Crippen molar-refractivity contribution in [3.63, 3.8) is 0 Å². The number of hydrogen-bond acceptors (Lipinski definition) is 4. The maximum Gasteiger partial charge on any atom is 0.227 e. The predicted octanol–water partition coefficient (Wildman–Crippen LogP) is 13.1. The Morgan fingerprint density at radius 3 is 0.920 bits per heavy atom. The lowest BCUT2D eigenvalue weighted by atomic mass is 10.0. The van der Waals surface area contributed by atoms with Crippen LogP contribution in [0.25, 0.3) is 0 Å². The summed E-state index contributed by atoms with van der Waals surface area (Å²) in [6, 6.07) is 11.9. The molecule has 1 aromatic carbocycles. The zero-order chi connectivity index (χ0) is 36.3. The number of rotatable bonds is 34. The maximum absolute atomic E-state index is 13.2. The predicted molar refractivity (Wildman–Crippen MR) is 212 cm³/mol. The molecule has 1 rings (SSSR count). The molecule has 50 heavy (non-hydrogen) atoms. The summed E-state index contributed by atoms with van der Waals surface area (Å²) in [6.45, 7) is 5.26. The Morgan fingerprint density at radius 1 is 0.440 bits per heavy atom. The van der Waals surface area contributed by atoms with Crippen molar-refractivity contribution in [2.24, 2.45) is 0 Å². The number of amides is 2. The molecule has 0 saturated carbocycles. The van der Waals surface area contributed by atoms with Crippen molar-refractivity contribution >= 4 is 23.2 Å². The highest BCUT2D eigenvalue weighted by atomic mass is 16.2. The molecule has 0 saturated heterocycles. The minimum atomic E-state index is 0.0518. The van der Waals surface area contributed by atoms with Crippen LogP contribution in [0.2, 0.25) is 0 Å². The van der Waals surface area contributed by atoms with E-state index in [4.69, 9.17) is 0 Å². The number of benzene rings is 1. The average molecular weight is 691 g/mol. The van der Waals surface area contributed by atoms with Crippen LogP contribution in [-0.2, 0) is 9.59 Å². The van der Waals surface area contributed by atoms with Gasteiger partial charge in [0.05, 0.1) is 25.0 Å². The van der Waals surface area contributed by atoms with Gasteiger partial charge >= 0.3 is 0 Å². The summed E-state index contributed by atoms with van der Waals surface area (Å²) in [4.78, 5) is 29.9. The van der Waals surface area contributed by atoms with Gasteiger partial charge in [-0.25, -0.2) is 0 Å². The number of unbranched alkanes of at least 4 members (excludes halogenated alkanes) is 24. The minimum Gasteiger partial charge on any atom is -0.311 e. The molecular weight excluding hydrogens is 617 g/mol. The van der Waals surface area contributed by atoms with E-state index in [0.717, 1.165) is 37.1 Å². The molecule has 0 fully saturated rings. The first-order valence-corrected chi connectivity index (χ1v) is 21.0. The van der Waals surface area contributed by atoms with E-state index in [2.05, 4.69) is 26.0 Å². The van der Waals surface area contributed by atoms with Crippen molar-refractivity contribution < 1.29 is 9.59 Å². The minimum absolute atomic E-state index is 0.0518. The number of anilines is 2. The van der Waals surface area contributed by atoms with Crippen LogP contribution in [0.4, 0.5) is 11.4 Å². The molecule has 0 heterocycles. The van der Waals surface area contributed by atoms with E-state index in [1.807, 2.05) is 24.3 Å². The van der Waals surface area contributed by atoms with Gasteiger partial charge in [-0.3, -0.25) is 9.59 Å². The van der Waals surface area contributed by atoms with E-state index in [1.165, 1.54) is 141 Å². The Balaban J connectivity index is 2.45. The van der Waals surface area contributed by atoms with E-state index >= 15 is 0 Å². The monoisotopic (exact) mass is 691 g/mol. The van der Waals surface area contributed by atoms with E-state index < -0.39 is 0 Å². The van der Waals surface area contributed by atoms with Gasteiger partial charge in [-0.05, 0) is 37.1 Å². The molecule has 0 radical (unpaired) electrons. The second-order valence-electron chi connectivity index (χ2n) is 14.4. The fraction of sp³-hybridized carbons (Fsp3) is 0.773. The van der Waals surface area contributed by atoms with E-state index in [-0.39, 0.29) is 24.7 Å². The SMILES string of the molecule is CCCCCCCCCCCCCCCC(=O)N(CCC#N)c1ccc(N(CCC#N)C(=O)CCCCCCCCCCCCCCC)cc1. The van der Waals surface area contributed by atoms with Gasteiger partial charge in [0, 0.05) is 37.3 Å². The first-order chi connectivity index (χ1) is 24.6. The van der Waals surface area contributed by atoms with Gasteiger partial charge in [0.25, 0.3) is 0 Å². The molecule has 6 heteroatoms. The topological polar surface area (TPSA) is 88.2 Å². The zero-order valence-corrected chi connectivity index (χ0v) is 32.5. The number of nitrogens with zero attached hydrogens (tertiary/aromatic N) is 4. The zero-order valence-electron chi connectivity index (χ0n) is 32.5. The summed E-state index contributed by atoms with van der Waals surface area (Å²) < 4.78 is 0. The van der Waals surface area contributed by atoms with Crippen LogP contribution in [0.15, 0.2) is 24.3 Å². The summed E-state index contributed by atoms with van der Waals surface area (Å²) in [5.41, 5.74) is 1.51. The number of hydrogen-bond donors (Lipinski definition) is 0. The highest BCUT2D eigenvalue weighted by Gasteiger charge is 2.18. The molecule has 1 aromatic rings. The second-order valence-corrected chi connectivity index (χ2v) is 14.4. The van der Waals surface area contributed by atoms with Gasteiger partial charge in [0.2, 0.25) is 11.8 Å². The molecule has 0 aromatic heterocycles. The normalized spacial score (nSPS) is 10.9. The number of carbonyl (C=O) groups excluding carboxylic acids is 2. The first-order valence-electron chi connectivity index (χ1n) is 21.0. The Bertz CT molecular complexity index is 959. The van der Waals surface area contributed by atoms with Gasteiger partial charge < -0.3 is 9.80 Å². The van der Waals surface area contributed by atoms with Crippen LogP contribution in [-0.4, -0.2) is 24.9 Å². The largest absolute Gasteiger partial charge is 0.311 e. The highest BCUT2D eigenvalue weighted by molar-refractivity contribution is 5.95. The van der Waals surface area contributed by atoms with Crippen LogP contribution in [0.5, 0.6) is 0 Å². The second kappa shape index (κ2) is 33.3. The summed E-state index contributed by atoms with van der Waals surface area (Å²) >= 11 is 0. The van der Waals surface area contributed by atoms with Crippen LogP contribution in [0.3, 0.4) is 0 Å². The molecule has 6 nitrogen and oxygen atoms in total. The van der Waals surface area contributed by atoms with Gasteiger partial charge in [-0.1, -0.05) is 168 Å². The average Bonchev–Trinajstić information content (AvgIpc) is 3.13. The lowest BCUT2D eigenvalue weighted by molar-refractivity contribution is -0.119. The van der Waals surface area contributed by atoms with Crippen LogP contribution in [0, 0.1) is 22.7 Å². The lowest BCUT2D eigenvalue weighted by Gasteiger charge is -2.25. The number of carbonyl (C=O) groups is 2. The summed E-state index contributed by atoms with van der Waals surface area (Å²) in [6.07, 6.45) is 34.5. The molecular formula is C44H74N4O2. The molecule has 0 bridgehead atoms. The van der Waals surface area contributed by atoms with Crippen molar-refractivity contribution in [3.8, 4) is 12.1 Å². The molecule has 0 aliphatic heterocycles. The van der Waals surface area contributed by atoms with Gasteiger partial charge in [-0.15, -0.1) is 0 Å². The van der Waals surface area contributed by atoms with Gasteiger partial charge in [0.1, 0.15) is 0 Å². The van der Waals surface area contributed by atoms with Gasteiger partial charge in [0.15, 0.2) is 0 Å². The standard InChI is InChI=1S/C44H74N4O2/c1-3-5-7-9-11-13-15-17-19-21-23-25-27-31-43(49)47(39-29-37-45)41-33-35-42(36-34-41)48(40-30-38-46)44(50)32-28-26-24-22-20-18-16-14-12-10-8-6-4-2/h33-36H,3-32,39-40H2,1-2H3. The highest BCUT2D eigenvalue weighted by Crippen LogP contribution is 2.24. The van der Waals surface area contributed by atoms with Crippen LogP contribution in [0.1, 0.15) is 206 Å².